The SMILES string of the molecule is CCC1=Nc2cc(Cl)ccc2Oc2ccccc21. The maximum atomic E-state index is 6.01. The van der Waals surface area contributed by atoms with Gasteiger partial charge in [0.2, 0.25) is 0 Å². The topological polar surface area (TPSA) is 21.6 Å². The summed E-state index contributed by atoms with van der Waals surface area (Å²) in [6.07, 6.45) is 0.853. The summed E-state index contributed by atoms with van der Waals surface area (Å²) in [5.74, 6) is 1.59. The van der Waals surface area contributed by atoms with Crippen LogP contribution in [-0.4, -0.2) is 5.71 Å². The zero-order valence-corrected chi connectivity index (χ0v) is 10.7. The third-order valence-electron chi connectivity index (χ3n) is 2.93. The largest absolute Gasteiger partial charge is 0.454 e. The van der Waals surface area contributed by atoms with Crippen LogP contribution >= 0.6 is 11.6 Å². The van der Waals surface area contributed by atoms with Gasteiger partial charge in [-0.25, -0.2) is 4.99 Å². The van der Waals surface area contributed by atoms with Crippen molar-refractivity contribution in [2.45, 2.75) is 13.3 Å². The lowest BCUT2D eigenvalue weighted by Gasteiger charge is -2.08. The Labute approximate surface area is 111 Å². The number of ether oxygens (including phenoxy) is 1. The molecular formula is C15H12ClNO. The van der Waals surface area contributed by atoms with E-state index in [-0.39, 0.29) is 0 Å². The number of benzene rings is 2. The average molecular weight is 258 g/mol. The molecule has 0 radical (unpaired) electrons. The van der Waals surface area contributed by atoms with Crippen molar-refractivity contribution < 1.29 is 4.74 Å². The van der Waals surface area contributed by atoms with Gasteiger partial charge in [0.1, 0.15) is 11.4 Å². The minimum atomic E-state index is 0.669. The van der Waals surface area contributed by atoms with Gasteiger partial charge in [0, 0.05) is 10.6 Å². The fourth-order valence-electron chi connectivity index (χ4n) is 2.05. The molecule has 2 aromatic rings. The third-order valence-corrected chi connectivity index (χ3v) is 3.16. The molecule has 0 atom stereocenters. The first-order valence-corrected chi connectivity index (χ1v) is 6.30. The number of para-hydroxylation sites is 1. The van der Waals surface area contributed by atoms with Crippen LogP contribution in [0.15, 0.2) is 47.5 Å². The van der Waals surface area contributed by atoms with Gasteiger partial charge in [0.05, 0.1) is 5.71 Å². The lowest BCUT2D eigenvalue weighted by atomic mass is 10.1. The molecular weight excluding hydrogens is 246 g/mol. The minimum Gasteiger partial charge on any atom is -0.454 e. The quantitative estimate of drug-likeness (QED) is 0.706. The zero-order chi connectivity index (χ0) is 12.5. The Morgan fingerprint density at radius 3 is 2.78 bits per heavy atom. The fourth-order valence-corrected chi connectivity index (χ4v) is 2.22. The highest BCUT2D eigenvalue weighted by Gasteiger charge is 2.16. The van der Waals surface area contributed by atoms with Crippen molar-refractivity contribution in [2.75, 3.05) is 0 Å². The van der Waals surface area contributed by atoms with Gasteiger partial charge in [0.15, 0.2) is 5.75 Å². The Bertz CT molecular complexity index is 634. The molecule has 2 nitrogen and oxygen atoms in total. The van der Waals surface area contributed by atoms with Crippen LogP contribution in [0.3, 0.4) is 0 Å². The zero-order valence-electron chi connectivity index (χ0n) is 9.98. The van der Waals surface area contributed by atoms with Crippen LogP contribution in [0, 0.1) is 0 Å². The van der Waals surface area contributed by atoms with Gasteiger partial charge in [-0.15, -0.1) is 0 Å². The van der Waals surface area contributed by atoms with Crippen molar-refractivity contribution in [3.8, 4) is 11.5 Å². The van der Waals surface area contributed by atoms with Crippen LogP contribution < -0.4 is 4.74 Å². The smallest absolute Gasteiger partial charge is 0.153 e. The summed E-state index contributed by atoms with van der Waals surface area (Å²) in [7, 11) is 0. The fraction of sp³-hybridized carbons (Fsp3) is 0.133. The average Bonchev–Trinajstić information content (AvgIpc) is 2.54. The van der Waals surface area contributed by atoms with E-state index in [0.717, 1.165) is 34.9 Å². The maximum Gasteiger partial charge on any atom is 0.153 e. The van der Waals surface area contributed by atoms with Crippen LogP contribution in [0.1, 0.15) is 18.9 Å². The predicted octanol–water partition coefficient (Wildman–Crippen LogP) is 4.98. The van der Waals surface area contributed by atoms with Crippen molar-refractivity contribution in [2.24, 2.45) is 4.99 Å². The Balaban J connectivity index is 2.24. The molecule has 3 heteroatoms. The van der Waals surface area contributed by atoms with Crippen molar-refractivity contribution in [1.82, 2.24) is 0 Å². The first kappa shape index (κ1) is 11.3. The maximum absolute atomic E-state index is 6.01. The molecule has 0 saturated carbocycles. The number of rotatable bonds is 1. The highest BCUT2D eigenvalue weighted by Crippen LogP contribution is 2.39. The summed E-state index contributed by atoms with van der Waals surface area (Å²) in [5, 5.41) is 0.669. The van der Waals surface area contributed by atoms with Crippen molar-refractivity contribution >= 4 is 23.0 Å². The summed E-state index contributed by atoms with van der Waals surface area (Å²) in [6.45, 7) is 2.09. The summed E-state index contributed by atoms with van der Waals surface area (Å²) in [6, 6.07) is 13.5. The molecule has 0 aliphatic carbocycles. The van der Waals surface area contributed by atoms with Crippen LogP contribution in [0.2, 0.25) is 5.02 Å². The van der Waals surface area contributed by atoms with Gasteiger partial charge < -0.3 is 4.74 Å². The number of nitrogens with zero attached hydrogens (tertiary/aromatic N) is 1. The van der Waals surface area contributed by atoms with E-state index in [4.69, 9.17) is 16.3 Å². The normalized spacial score (nSPS) is 12.9. The predicted molar refractivity (Wildman–Crippen MR) is 74.5 cm³/mol. The van der Waals surface area contributed by atoms with E-state index in [9.17, 15) is 0 Å². The van der Waals surface area contributed by atoms with Gasteiger partial charge >= 0.3 is 0 Å². The van der Waals surface area contributed by atoms with E-state index in [1.807, 2.05) is 42.5 Å². The molecule has 18 heavy (non-hydrogen) atoms. The molecule has 0 fully saturated rings. The molecule has 0 amide bonds. The molecule has 1 heterocycles. The molecule has 0 bridgehead atoms. The first-order valence-electron chi connectivity index (χ1n) is 5.92. The summed E-state index contributed by atoms with van der Waals surface area (Å²) < 4.78 is 5.92. The van der Waals surface area contributed by atoms with E-state index in [2.05, 4.69) is 11.9 Å². The number of halogens is 1. The lowest BCUT2D eigenvalue weighted by molar-refractivity contribution is 0.485. The van der Waals surface area contributed by atoms with E-state index in [1.165, 1.54) is 0 Å². The van der Waals surface area contributed by atoms with Crippen LogP contribution in [0.25, 0.3) is 0 Å². The summed E-state index contributed by atoms with van der Waals surface area (Å²) >= 11 is 6.01. The van der Waals surface area contributed by atoms with Crippen molar-refractivity contribution in [1.29, 1.82) is 0 Å². The molecule has 0 saturated heterocycles. The Hall–Kier alpha value is -1.80. The third kappa shape index (κ3) is 1.89. The Kier molecular flexibility index (Phi) is 2.80. The highest BCUT2D eigenvalue weighted by molar-refractivity contribution is 6.31. The molecule has 3 rings (SSSR count). The molecule has 2 aromatic carbocycles. The van der Waals surface area contributed by atoms with Crippen molar-refractivity contribution in [3.05, 3.63) is 53.1 Å². The van der Waals surface area contributed by atoms with E-state index < -0.39 is 0 Å². The molecule has 0 N–H and O–H groups in total. The van der Waals surface area contributed by atoms with Gasteiger partial charge in [-0.1, -0.05) is 30.7 Å². The second kappa shape index (κ2) is 4.46. The molecule has 0 aromatic heterocycles. The summed E-state index contributed by atoms with van der Waals surface area (Å²) in [5.41, 5.74) is 2.86. The standard InChI is InChI=1S/C15H12ClNO/c1-2-12-11-5-3-4-6-14(11)18-15-8-7-10(16)9-13(15)17-12/h3-9H,2H2,1H3. The second-order valence-corrected chi connectivity index (χ2v) is 4.56. The lowest BCUT2D eigenvalue weighted by Crippen LogP contribution is -1.98. The monoisotopic (exact) mass is 257 g/mol. The Morgan fingerprint density at radius 2 is 1.94 bits per heavy atom. The molecule has 90 valence electrons. The van der Waals surface area contributed by atoms with E-state index >= 15 is 0 Å². The van der Waals surface area contributed by atoms with E-state index in [0.29, 0.717) is 5.02 Å². The van der Waals surface area contributed by atoms with Gasteiger partial charge in [-0.05, 0) is 36.8 Å². The highest BCUT2D eigenvalue weighted by atomic mass is 35.5. The van der Waals surface area contributed by atoms with Crippen LogP contribution in [0.5, 0.6) is 11.5 Å². The minimum absolute atomic E-state index is 0.669. The first-order chi connectivity index (χ1) is 8.78. The molecule has 1 aliphatic rings. The van der Waals surface area contributed by atoms with Crippen molar-refractivity contribution in [3.63, 3.8) is 0 Å². The Morgan fingerprint density at radius 1 is 1.11 bits per heavy atom. The molecule has 0 spiro atoms. The molecule has 1 aliphatic heterocycles. The van der Waals surface area contributed by atoms with E-state index in [1.54, 1.807) is 0 Å². The number of fused-ring (bicyclic) bond motifs is 2. The summed E-state index contributed by atoms with van der Waals surface area (Å²) in [4.78, 5) is 4.67. The second-order valence-electron chi connectivity index (χ2n) is 4.12. The number of aliphatic imine (C=N–C) groups is 1. The molecule has 0 unspecified atom stereocenters. The van der Waals surface area contributed by atoms with Gasteiger partial charge in [-0.3, -0.25) is 0 Å². The van der Waals surface area contributed by atoms with Crippen LogP contribution in [-0.2, 0) is 0 Å². The van der Waals surface area contributed by atoms with Gasteiger partial charge in [0.25, 0.3) is 0 Å². The number of hydrogen-bond acceptors (Lipinski definition) is 2. The number of hydrogen-bond donors (Lipinski definition) is 0. The van der Waals surface area contributed by atoms with Crippen LogP contribution in [0.4, 0.5) is 5.69 Å². The van der Waals surface area contributed by atoms with Gasteiger partial charge in [-0.2, -0.15) is 0 Å².